The lowest BCUT2D eigenvalue weighted by atomic mass is 10.2. The van der Waals surface area contributed by atoms with E-state index < -0.39 is 33.1 Å². The van der Waals surface area contributed by atoms with Crippen LogP contribution in [-0.4, -0.2) is 21.7 Å². The van der Waals surface area contributed by atoms with E-state index in [-0.39, 0.29) is 5.69 Å². The number of rotatable bonds is 4. The fourth-order valence-electron chi connectivity index (χ4n) is 1.09. The number of nitrogens with zero attached hydrogens (tertiary/aromatic N) is 3. The molecule has 0 atom stereocenters. The van der Waals surface area contributed by atoms with Crippen LogP contribution in [0.2, 0.25) is 0 Å². The van der Waals surface area contributed by atoms with E-state index in [0.29, 0.717) is 13.0 Å². The van der Waals surface area contributed by atoms with Crippen LogP contribution in [0.5, 0.6) is 0 Å². The Kier molecular flexibility index (Phi) is 4.22. The number of nitro groups is 2. The quantitative estimate of drug-likeness (QED) is 0.521. The van der Waals surface area contributed by atoms with Crippen molar-refractivity contribution in [3.63, 3.8) is 0 Å². The van der Waals surface area contributed by atoms with Gasteiger partial charge in [-0.3, -0.25) is 25.7 Å². The minimum atomic E-state index is -4.68. The summed E-state index contributed by atoms with van der Waals surface area (Å²) in [4.78, 5) is 19.4. The van der Waals surface area contributed by atoms with Crippen LogP contribution in [0.3, 0.4) is 0 Å². The minimum absolute atomic E-state index is 0.385. The van der Waals surface area contributed by atoms with Crippen molar-refractivity contribution in [1.29, 1.82) is 0 Å². The Morgan fingerprint density at radius 1 is 1.25 bits per heavy atom. The standard InChI is InChI=1S/C9H7F3N4O4/c1-5(9(10,11)12)13-14-7-3-2-6(15(17)18)4-8(7)16(19)20/h2-4,14H,1H3/b13-5-. The Morgan fingerprint density at radius 2 is 1.85 bits per heavy atom. The molecule has 11 heteroatoms. The summed E-state index contributed by atoms with van der Waals surface area (Å²) in [6, 6.07) is 2.44. The van der Waals surface area contributed by atoms with Crippen LogP contribution in [0, 0.1) is 20.2 Å². The van der Waals surface area contributed by atoms with Crippen LogP contribution >= 0.6 is 0 Å². The molecular weight excluding hydrogens is 285 g/mol. The second-order valence-corrected chi connectivity index (χ2v) is 3.52. The Balaban J connectivity index is 3.13. The Bertz CT molecular complexity index is 585. The smallest absolute Gasteiger partial charge is 0.271 e. The van der Waals surface area contributed by atoms with Gasteiger partial charge >= 0.3 is 11.9 Å². The zero-order chi connectivity index (χ0) is 15.5. The third kappa shape index (κ3) is 3.63. The van der Waals surface area contributed by atoms with E-state index >= 15 is 0 Å². The van der Waals surface area contributed by atoms with Crippen LogP contribution in [-0.2, 0) is 0 Å². The normalized spacial score (nSPS) is 12.1. The van der Waals surface area contributed by atoms with Gasteiger partial charge in [-0.2, -0.15) is 18.3 Å². The molecule has 1 aromatic rings. The average Bonchev–Trinajstić information content (AvgIpc) is 2.34. The topological polar surface area (TPSA) is 111 Å². The molecule has 108 valence electrons. The molecule has 0 aromatic heterocycles. The molecule has 0 saturated heterocycles. The number of halogens is 3. The third-order valence-corrected chi connectivity index (χ3v) is 2.14. The average molecular weight is 292 g/mol. The third-order valence-electron chi connectivity index (χ3n) is 2.14. The first-order valence-corrected chi connectivity index (χ1v) is 4.93. The number of non-ortho nitro benzene ring substituents is 1. The Morgan fingerprint density at radius 3 is 2.30 bits per heavy atom. The molecule has 0 spiro atoms. The molecule has 0 amide bonds. The number of hydrogen-bond acceptors (Lipinski definition) is 6. The van der Waals surface area contributed by atoms with Crippen molar-refractivity contribution in [1.82, 2.24) is 0 Å². The fourth-order valence-corrected chi connectivity index (χ4v) is 1.09. The van der Waals surface area contributed by atoms with E-state index in [0.717, 1.165) is 12.1 Å². The fraction of sp³-hybridized carbons (Fsp3) is 0.222. The zero-order valence-corrected chi connectivity index (χ0v) is 9.84. The summed E-state index contributed by atoms with van der Waals surface area (Å²) >= 11 is 0. The number of nitrogens with one attached hydrogen (secondary N) is 1. The molecule has 0 saturated carbocycles. The molecule has 0 aliphatic rings. The number of nitro benzene ring substituents is 2. The molecule has 1 N–H and O–H groups in total. The highest BCUT2D eigenvalue weighted by Gasteiger charge is 2.32. The van der Waals surface area contributed by atoms with Crippen molar-refractivity contribution in [2.75, 3.05) is 5.43 Å². The van der Waals surface area contributed by atoms with E-state index in [1.54, 1.807) is 0 Å². The van der Waals surface area contributed by atoms with Crippen LogP contribution in [0.15, 0.2) is 23.3 Å². The van der Waals surface area contributed by atoms with Gasteiger partial charge in [-0.25, -0.2) is 0 Å². The first-order valence-electron chi connectivity index (χ1n) is 4.93. The summed E-state index contributed by atoms with van der Waals surface area (Å²) in [5.41, 5.74) is -1.07. The van der Waals surface area contributed by atoms with Crippen molar-refractivity contribution in [3.05, 3.63) is 38.4 Å². The minimum Gasteiger partial charge on any atom is -0.271 e. The van der Waals surface area contributed by atoms with Gasteiger partial charge in [-0.15, -0.1) is 0 Å². The monoisotopic (exact) mass is 292 g/mol. The van der Waals surface area contributed by atoms with Gasteiger partial charge in [0.05, 0.1) is 15.9 Å². The summed E-state index contributed by atoms with van der Waals surface area (Å²) < 4.78 is 36.6. The lowest BCUT2D eigenvalue weighted by Gasteiger charge is -2.06. The van der Waals surface area contributed by atoms with E-state index in [2.05, 4.69) is 5.10 Å². The second-order valence-electron chi connectivity index (χ2n) is 3.52. The van der Waals surface area contributed by atoms with Gasteiger partial charge in [0.15, 0.2) is 0 Å². The highest BCUT2D eigenvalue weighted by molar-refractivity contribution is 5.88. The molecule has 1 rings (SSSR count). The lowest BCUT2D eigenvalue weighted by molar-refractivity contribution is -0.393. The Hall–Kier alpha value is -2.72. The van der Waals surface area contributed by atoms with Crippen molar-refractivity contribution in [2.45, 2.75) is 13.1 Å². The maximum absolute atomic E-state index is 12.2. The van der Waals surface area contributed by atoms with Crippen LogP contribution < -0.4 is 5.43 Å². The summed E-state index contributed by atoms with van der Waals surface area (Å²) in [5.74, 6) is 0. The van der Waals surface area contributed by atoms with Gasteiger partial charge in [0.25, 0.3) is 5.69 Å². The molecule has 8 nitrogen and oxygen atoms in total. The molecule has 0 fully saturated rings. The Labute approximate surface area is 109 Å². The summed E-state index contributed by atoms with van der Waals surface area (Å²) in [5, 5.41) is 24.1. The van der Waals surface area contributed by atoms with E-state index in [1.807, 2.05) is 5.43 Å². The maximum Gasteiger partial charge on any atom is 0.430 e. The molecule has 0 aliphatic carbocycles. The summed E-state index contributed by atoms with van der Waals surface area (Å²) in [7, 11) is 0. The number of alkyl halides is 3. The molecule has 1 aromatic carbocycles. The molecule has 0 aliphatic heterocycles. The van der Waals surface area contributed by atoms with E-state index in [4.69, 9.17) is 0 Å². The number of anilines is 1. The first kappa shape index (κ1) is 15.3. The van der Waals surface area contributed by atoms with Crippen molar-refractivity contribution < 1.29 is 23.0 Å². The van der Waals surface area contributed by atoms with Crippen LogP contribution in [0.1, 0.15) is 6.92 Å². The highest BCUT2D eigenvalue weighted by Crippen LogP contribution is 2.29. The van der Waals surface area contributed by atoms with Crippen molar-refractivity contribution >= 4 is 22.8 Å². The molecular formula is C9H7F3N4O4. The molecule has 0 bridgehead atoms. The van der Waals surface area contributed by atoms with Gasteiger partial charge in [0.2, 0.25) is 0 Å². The predicted molar refractivity (Wildman–Crippen MR) is 62.5 cm³/mol. The molecule has 20 heavy (non-hydrogen) atoms. The first-order chi connectivity index (χ1) is 9.12. The predicted octanol–water partition coefficient (Wildman–Crippen LogP) is 2.85. The largest absolute Gasteiger partial charge is 0.430 e. The van der Waals surface area contributed by atoms with Gasteiger partial charge in [-0.1, -0.05) is 0 Å². The SMILES string of the molecule is C/C(=N/Nc1ccc([N+](=O)[O-])cc1[N+](=O)[O-])C(F)(F)F. The summed E-state index contributed by atoms with van der Waals surface area (Å²) in [6.45, 7) is 0.671. The van der Waals surface area contributed by atoms with Gasteiger partial charge in [0.1, 0.15) is 11.4 Å². The van der Waals surface area contributed by atoms with Crippen LogP contribution in [0.4, 0.5) is 30.2 Å². The number of hydrazone groups is 1. The van der Waals surface area contributed by atoms with Crippen molar-refractivity contribution in [2.24, 2.45) is 5.10 Å². The summed E-state index contributed by atoms with van der Waals surface area (Å²) in [6.07, 6.45) is -4.68. The van der Waals surface area contributed by atoms with Gasteiger partial charge < -0.3 is 0 Å². The van der Waals surface area contributed by atoms with E-state index in [9.17, 15) is 33.4 Å². The lowest BCUT2D eigenvalue weighted by Crippen LogP contribution is -2.20. The second kappa shape index (κ2) is 5.50. The number of benzene rings is 1. The van der Waals surface area contributed by atoms with Crippen LogP contribution in [0.25, 0.3) is 0 Å². The molecule has 0 unspecified atom stereocenters. The van der Waals surface area contributed by atoms with Gasteiger partial charge in [-0.05, 0) is 13.0 Å². The maximum atomic E-state index is 12.2. The van der Waals surface area contributed by atoms with Gasteiger partial charge in [0, 0.05) is 6.07 Å². The van der Waals surface area contributed by atoms with E-state index in [1.165, 1.54) is 0 Å². The zero-order valence-electron chi connectivity index (χ0n) is 9.84. The number of hydrogen-bond donors (Lipinski definition) is 1. The van der Waals surface area contributed by atoms with Crippen molar-refractivity contribution in [3.8, 4) is 0 Å². The molecule has 0 radical (unpaired) electrons. The molecule has 0 heterocycles. The highest BCUT2D eigenvalue weighted by atomic mass is 19.4.